The average molecular weight is 286 g/mol. The smallest absolute Gasteiger partial charge is 0.308 e. The summed E-state index contributed by atoms with van der Waals surface area (Å²) in [7, 11) is 1.39. The number of methoxy groups -OCH3 is 1. The third kappa shape index (κ3) is 7.94. The lowest BCUT2D eigenvalue weighted by molar-refractivity contribution is -0.151. The summed E-state index contributed by atoms with van der Waals surface area (Å²) in [5.41, 5.74) is -0.560. The minimum atomic E-state index is -0.560. The van der Waals surface area contributed by atoms with Gasteiger partial charge in [-0.25, -0.2) is 0 Å². The van der Waals surface area contributed by atoms with Crippen molar-refractivity contribution in [3.8, 4) is 0 Å². The van der Waals surface area contributed by atoms with Crippen molar-refractivity contribution >= 4 is 11.9 Å². The molecule has 0 N–H and O–H groups in total. The Bertz CT molecular complexity index is 326. The van der Waals surface area contributed by atoms with Gasteiger partial charge in [-0.2, -0.15) is 0 Å². The van der Waals surface area contributed by atoms with Gasteiger partial charge in [0.15, 0.2) is 0 Å². The normalized spacial score (nSPS) is 15.0. The van der Waals surface area contributed by atoms with Crippen LogP contribution in [0.4, 0.5) is 0 Å². The molecule has 0 heterocycles. The molecule has 0 unspecified atom stereocenters. The summed E-state index contributed by atoms with van der Waals surface area (Å²) >= 11 is 0. The van der Waals surface area contributed by atoms with Crippen LogP contribution in [-0.4, -0.2) is 37.9 Å². The first kappa shape index (κ1) is 18.6. The summed E-state index contributed by atoms with van der Waals surface area (Å²) in [5, 5.41) is 0. The summed E-state index contributed by atoms with van der Waals surface area (Å²) in [6, 6.07) is 0. The average Bonchev–Trinajstić information content (AvgIpc) is 2.42. The van der Waals surface area contributed by atoms with Crippen molar-refractivity contribution in [1.82, 2.24) is 0 Å². The van der Waals surface area contributed by atoms with Crippen LogP contribution in [0.15, 0.2) is 12.7 Å². The molecule has 0 rings (SSSR count). The molecule has 0 aliphatic heterocycles. The van der Waals surface area contributed by atoms with E-state index in [0.717, 1.165) is 6.42 Å². The first-order chi connectivity index (χ1) is 9.34. The highest BCUT2D eigenvalue weighted by atomic mass is 16.6. The van der Waals surface area contributed by atoms with E-state index in [1.54, 1.807) is 6.08 Å². The van der Waals surface area contributed by atoms with E-state index >= 15 is 0 Å². The molecule has 0 radical (unpaired) electrons. The van der Waals surface area contributed by atoms with Gasteiger partial charge in [0.05, 0.1) is 25.2 Å². The van der Waals surface area contributed by atoms with Crippen molar-refractivity contribution in [3.05, 3.63) is 12.7 Å². The summed E-state index contributed by atoms with van der Waals surface area (Å²) in [6.07, 6.45) is 3.84. The van der Waals surface area contributed by atoms with Gasteiger partial charge in [-0.15, -0.1) is 6.58 Å². The summed E-state index contributed by atoms with van der Waals surface area (Å²) in [5.74, 6) is -0.683. The molecule has 0 bridgehead atoms. The fraction of sp³-hybridized carbons (Fsp3) is 0.733. The second-order valence-electron chi connectivity index (χ2n) is 5.15. The van der Waals surface area contributed by atoms with Gasteiger partial charge < -0.3 is 14.2 Å². The van der Waals surface area contributed by atoms with E-state index in [4.69, 9.17) is 9.47 Å². The molecular formula is C15H26O5. The fourth-order valence-corrected chi connectivity index (χ4v) is 1.80. The van der Waals surface area contributed by atoms with Gasteiger partial charge in [-0.1, -0.05) is 13.0 Å². The van der Waals surface area contributed by atoms with E-state index in [2.05, 4.69) is 11.3 Å². The van der Waals surface area contributed by atoms with Crippen molar-refractivity contribution in [2.75, 3.05) is 20.3 Å². The lowest BCUT2D eigenvalue weighted by Crippen LogP contribution is -2.35. The molecule has 116 valence electrons. The van der Waals surface area contributed by atoms with Crippen molar-refractivity contribution in [3.63, 3.8) is 0 Å². The third-order valence-corrected chi connectivity index (χ3v) is 3.08. The number of hydrogen-bond donors (Lipinski definition) is 0. The number of carbonyl (C=O) groups excluding carboxylic acids is 2. The Morgan fingerprint density at radius 2 is 2.05 bits per heavy atom. The maximum absolute atomic E-state index is 11.3. The largest absolute Gasteiger partial charge is 0.469 e. The summed E-state index contributed by atoms with van der Waals surface area (Å²) < 4.78 is 15.4. The number of ether oxygens (including phenoxy) is 3. The van der Waals surface area contributed by atoms with Crippen LogP contribution in [0.1, 0.15) is 40.0 Å². The molecule has 0 spiro atoms. The van der Waals surface area contributed by atoms with Gasteiger partial charge >= 0.3 is 11.9 Å². The third-order valence-electron chi connectivity index (χ3n) is 3.08. The predicted molar refractivity (Wildman–Crippen MR) is 76.2 cm³/mol. The van der Waals surface area contributed by atoms with Crippen LogP contribution in [0.25, 0.3) is 0 Å². The molecular weight excluding hydrogens is 260 g/mol. The Morgan fingerprint density at radius 1 is 1.40 bits per heavy atom. The number of hydrogen-bond acceptors (Lipinski definition) is 5. The molecule has 0 saturated heterocycles. The topological polar surface area (TPSA) is 61.8 Å². The van der Waals surface area contributed by atoms with E-state index < -0.39 is 5.60 Å². The standard InChI is InChI=1S/C15H26O5/c1-6-10-20-15(4,11-19-13(3)16)9-7-8-12(2)14(17)18-5/h6,12H,1,7-11H2,2-5H3/t12-,15-/m0/s1. The Balaban J connectivity index is 4.30. The Labute approximate surface area is 121 Å². The molecule has 20 heavy (non-hydrogen) atoms. The Morgan fingerprint density at radius 3 is 2.55 bits per heavy atom. The highest BCUT2D eigenvalue weighted by Crippen LogP contribution is 2.22. The van der Waals surface area contributed by atoms with E-state index in [9.17, 15) is 9.59 Å². The molecule has 5 heteroatoms. The zero-order valence-electron chi connectivity index (χ0n) is 12.9. The van der Waals surface area contributed by atoms with E-state index in [0.29, 0.717) is 19.4 Å². The molecule has 0 aromatic rings. The van der Waals surface area contributed by atoms with Gasteiger partial charge in [0.1, 0.15) is 6.61 Å². The number of carbonyl (C=O) groups is 2. The Hall–Kier alpha value is -1.36. The van der Waals surface area contributed by atoms with E-state index in [1.807, 2.05) is 13.8 Å². The zero-order chi connectivity index (χ0) is 15.6. The van der Waals surface area contributed by atoms with Gasteiger partial charge in [0, 0.05) is 6.92 Å². The SMILES string of the molecule is C=CCO[C@@](C)(CCC[C@H](C)C(=O)OC)COC(C)=O. The molecule has 0 aromatic carbocycles. The van der Waals surface area contributed by atoms with Crippen LogP contribution in [-0.2, 0) is 23.8 Å². The van der Waals surface area contributed by atoms with Gasteiger partial charge in [0.25, 0.3) is 0 Å². The number of rotatable bonds is 10. The first-order valence-electron chi connectivity index (χ1n) is 6.80. The molecule has 0 fully saturated rings. The molecule has 5 nitrogen and oxygen atoms in total. The highest BCUT2D eigenvalue weighted by molar-refractivity contribution is 5.71. The molecule has 0 saturated carbocycles. The molecule has 0 amide bonds. The van der Waals surface area contributed by atoms with Gasteiger partial charge in [0.2, 0.25) is 0 Å². The van der Waals surface area contributed by atoms with Crippen molar-refractivity contribution < 1.29 is 23.8 Å². The molecule has 0 aromatic heterocycles. The van der Waals surface area contributed by atoms with Crippen LogP contribution in [0, 0.1) is 5.92 Å². The van der Waals surface area contributed by atoms with Gasteiger partial charge in [-0.05, 0) is 26.2 Å². The molecule has 2 atom stereocenters. The van der Waals surface area contributed by atoms with E-state index in [-0.39, 0.29) is 24.5 Å². The second-order valence-corrected chi connectivity index (χ2v) is 5.15. The summed E-state index contributed by atoms with van der Waals surface area (Å²) in [6.45, 7) is 9.29. The maximum Gasteiger partial charge on any atom is 0.308 e. The number of esters is 2. The minimum absolute atomic E-state index is 0.141. The van der Waals surface area contributed by atoms with Gasteiger partial charge in [-0.3, -0.25) is 9.59 Å². The zero-order valence-corrected chi connectivity index (χ0v) is 12.9. The predicted octanol–water partition coefficient (Wildman–Crippen LogP) is 2.49. The molecule has 0 aliphatic carbocycles. The quantitative estimate of drug-likeness (QED) is 0.456. The van der Waals surface area contributed by atoms with Crippen molar-refractivity contribution in [1.29, 1.82) is 0 Å². The lowest BCUT2D eigenvalue weighted by Gasteiger charge is -2.29. The summed E-state index contributed by atoms with van der Waals surface area (Å²) in [4.78, 5) is 22.2. The first-order valence-corrected chi connectivity index (χ1v) is 6.80. The lowest BCUT2D eigenvalue weighted by atomic mass is 9.95. The van der Waals surface area contributed by atoms with Crippen LogP contribution in [0.3, 0.4) is 0 Å². The van der Waals surface area contributed by atoms with Crippen molar-refractivity contribution in [2.24, 2.45) is 5.92 Å². The van der Waals surface area contributed by atoms with Crippen LogP contribution < -0.4 is 0 Å². The van der Waals surface area contributed by atoms with Crippen molar-refractivity contribution in [2.45, 2.75) is 45.6 Å². The van der Waals surface area contributed by atoms with Crippen LogP contribution in [0.2, 0.25) is 0 Å². The Kier molecular flexibility index (Phi) is 8.88. The second kappa shape index (κ2) is 9.53. The molecule has 0 aliphatic rings. The minimum Gasteiger partial charge on any atom is -0.469 e. The monoisotopic (exact) mass is 286 g/mol. The fourth-order valence-electron chi connectivity index (χ4n) is 1.80. The van der Waals surface area contributed by atoms with E-state index in [1.165, 1.54) is 14.0 Å². The highest BCUT2D eigenvalue weighted by Gasteiger charge is 2.27. The maximum atomic E-state index is 11.3. The van der Waals surface area contributed by atoms with Crippen LogP contribution in [0.5, 0.6) is 0 Å². The van der Waals surface area contributed by atoms with Crippen LogP contribution >= 0.6 is 0 Å².